The number of rotatable bonds is 7. The van der Waals surface area contributed by atoms with Crippen LogP contribution in [0.25, 0.3) is 0 Å². The number of tetrazole rings is 1. The average Bonchev–Trinajstić information content (AvgIpc) is 3.18. The first-order chi connectivity index (χ1) is 10.4. The summed E-state index contributed by atoms with van der Waals surface area (Å²) in [6.45, 7) is 0.570. The molecule has 3 rings (SSSR count). The van der Waals surface area contributed by atoms with Gasteiger partial charge in [-0.15, -0.1) is 5.10 Å². The van der Waals surface area contributed by atoms with Gasteiger partial charge in [-0.2, -0.15) is 0 Å². The molecule has 6 heteroatoms. The molecule has 0 radical (unpaired) electrons. The second-order valence-corrected chi connectivity index (χ2v) is 5.70. The molecule has 0 aliphatic rings. The molecule has 0 aliphatic heterocycles. The molecule has 2 aromatic heterocycles. The first kappa shape index (κ1) is 13.9. The summed E-state index contributed by atoms with van der Waals surface area (Å²) in [5.41, 5.74) is 1.37. The van der Waals surface area contributed by atoms with E-state index in [0.29, 0.717) is 6.54 Å². The molecule has 1 aromatic carbocycles. The van der Waals surface area contributed by atoms with Gasteiger partial charge in [0.1, 0.15) is 12.3 Å². The molecule has 5 nitrogen and oxygen atoms in total. The minimum Gasteiger partial charge on any atom is -0.467 e. The largest absolute Gasteiger partial charge is 0.467 e. The highest BCUT2D eigenvalue weighted by Crippen LogP contribution is 2.17. The Bertz CT molecular complexity index is 651. The number of hydrogen-bond acceptors (Lipinski definition) is 5. The molecule has 0 unspecified atom stereocenters. The van der Waals surface area contributed by atoms with Crippen molar-refractivity contribution in [3.63, 3.8) is 0 Å². The van der Waals surface area contributed by atoms with E-state index in [9.17, 15) is 0 Å². The van der Waals surface area contributed by atoms with Crippen LogP contribution in [0.1, 0.15) is 17.7 Å². The van der Waals surface area contributed by atoms with Crippen LogP contribution < -0.4 is 0 Å². The highest BCUT2D eigenvalue weighted by molar-refractivity contribution is 7.99. The van der Waals surface area contributed by atoms with Crippen molar-refractivity contribution in [3.05, 3.63) is 60.1 Å². The molecular formula is C15H16N4OS. The van der Waals surface area contributed by atoms with E-state index >= 15 is 0 Å². The van der Waals surface area contributed by atoms with Gasteiger partial charge in [-0.1, -0.05) is 42.1 Å². The normalized spacial score (nSPS) is 10.9. The highest BCUT2D eigenvalue weighted by atomic mass is 32.2. The fourth-order valence-electron chi connectivity index (χ4n) is 2.03. The summed E-state index contributed by atoms with van der Waals surface area (Å²) in [4.78, 5) is 0. The lowest BCUT2D eigenvalue weighted by Crippen LogP contribution is -2.03. The van der Waals surface area contributed by atoms with Crippen LogP contribution in [-0.4, -0.2) is 26.0 Å². The molecule has 0 atom stereocenters. The minimum absolute atomic E-state index is 0.570. The lowest BCUT2D eigenvalue weighted by Gasteiger charge is -2.03. The maximum Gasteiger partial charge on any atom is 0.209 e. The van der Waals surface area contributed by atoms with Crippen LogP contribution >= 0.6 is 11.8 Å². The average molecular weight is 300 g/mol. The molecule has 0 amide bonds. The summed E-state index contributed by atoms with van der Waals surface area (Å²) in [5.74, 6) is 1.85. The number of aromatic nitrogens is 4. The summed E-state index contributed by atoms with van der Waals surface area (Å²) in [6.07, 6.45) is 3.84. The zero-order valence-corrected chi connectivity index (χ0v) is 12.4. The molecule has 108 valence electrons. The topological polar surface area (TPSA) is 56.7 Å². The van der Waals surface area contributed by atoms with Crippen LogP contribution in [0.2, 0.25) is 0 Å². The molecule has 0 spiro atoms. The third-order valence-corrected chi connectivity index (χ3v) is 4.11. The molecule has 21 heavy (non-hydrogen) atoms. The molecule has 3 aromatic rings. The van der Waals surface area contributed by atoms with Crippen LogP contribution in [0.3, 0.4) is 0 Å². The summed E-state index contributed by atoms with van der Waals surface area (Å²) in [7, 11) is 0. The number of hydrogen-bond donors (Lipinski definition) is 0. The number of aryl methyl sites for hydroxylation is 1. The van der Waals surface area contributed by atoms with E-state index in [1.807, 2.05) is 18.2 Å². The van der Waals surface area contributed by atoms with E-state index < -0.39 is 0 Å². The van der Waals surface area contributed by atoms with Crippen molar-refractivity contribution in [1.82, 2.24) is 20.2 Å². The fraction of sp³-hybridized carbons (Fsp3) is 0.267. The summed E-state index contributed by atoms with van der Waals surface area (Å²) in [6, 6.07) is 14.3. The Labute approximate surface area is 127 Å². The van der Waals surface area contributed by atoms with Crippen molar-refractivity contribution in [2.75, 3.05) is 5.75 Å². The molecule has 0 saturated carbocycles. The van der Waals surface area contributed by atoms with Crippen molar-refractivity contribution < 1.29 is 4.42 Å². The van der Waals surface area contributed by atoms with Crippen molar-refractivity contribution in [2.45, 2.75) is 24.5 Å². The van der Waals surface area contributed by atoms with E-state index in [0.717, 1.165) is 29.5 Å². The molecule has 0 aliphatic carbocycles. The zero-order chi connectivity index (χ0) is 14.3. The third kappa shape index (κ3) is 3.95. The van der Waals surface area contributed by atoms with Gasteiger partial charge in [0.15, 0.2) is 0 Å². The molecule has 0 fully saturated rings. The van der Waals surface area contributed by atoms with Gasteiger partial charge in [0.25, 0.3) is 0 Å². The second kappa shape index (κ2) is 7.08. The SMILES string of the molecule is c1ccc(CCCSc2nnnn2Cc2ccco2)cc1. The molecule has 2 heterocycles. The Balaban J connectivity index is 1.48. The van der Waals surface area contributed by atoms with Crippen LogP contribution in [0.5, 0.6) is 0 Å². The predicted molar refractivity (Wildman–Crippen MR) is 81.1 cm³/mol. The van der Waals surface area contributed by atoms with Crippen molar-refractivity contribution in [1.29, 1.82) is 0 Å². The third-order valence-electron chi connectivity index (χ3n) is 3.07. The maximum atomic E-state index is 5.32. The van der Waals surface area contributed by atoms with Crippen LogP contribution in [0, 0.1) is 0 Å². The van der Waals surface area contributed by atoms with Crippen molar-refractivity contribution >= 4 is 11.8 Å². The van der Waals surface area contributed by atoms with Gasteiger partial charge < -0.3 is 4.42 Å². The van der Waals surface area contributed by atoms with Gasteiger partial charge >= 0.3 is 0 Å². The van der Waals surface area contributed by atoms with E-state index in [1.165, 1.54) is 5.56 Å². The Kier molecular flexibility index (Phi) is 4.68. The van der Waals surface area contributed by atoms with Gasteiger partial charge in [-0.25, -0.2) is 4.68 Å². The fourth-order valence-corrected chi connectivity index (χ4v) is 2.85. The van der Waals surface area contributed by atoms with E-state index in [4.69, 9.17) is 4.42 Å². The highest BCUT2D eigenvalue weighted by Gasteiger charge is 2.08. The molecule has 0 bridgehead atoms. The van der Waals surface area contributed by atoms with E-state index in [2.05, 4.69) is 39.8 Å². The Morgan fingerprint density at radius 3 is 2.81 bits per heavy atom. The van der Waals surface area contributed by atoms with Gasteiger partial charge in [-0.3, -0.25) is 0 Å². The van der Waals surface area contributed by atoms with Crippen LogP contribution in [0.15, 0.2) is 58.3 Å². The molecular weight excluding hydrogens is 284 g/mol. The summed E-state index contributed by atoms with van der Waals surface area (Å²) in [5, 5.41) is 12.6. The summed E-state index contributed by atoms with van der Waals surface area (Å²) < 4.78 is 7.09. The Hall–Kier alpha value is -2.08. The summed E-state index contributed by atoms with van der Waals surface area (Å²) >= 11 is 1.68. The van der Waals surface area contributed by atoms with Gasteiger partial charge in [0, 0.05) is 5.75 Å². The van der Waals surface area contributed by atoms with E-state index in [1.54, 1.807) is 22.7 Å². The number of thioether (sulfide) groups is 1. The molecule has 0 N–H and O–H groups in total. The van der Waals surface area contributed by atoms with Gasteiger partial charge in [-0.05, 0) is 41.0 Å². The minimum atomic E-state index is 0.570. The number of nitrogens with zero attached hydrogens (tertiary/aromatic N) is 4. The van der Waals surface area contributed by atoms with Crippen molar-refractivity contribution in [3.8, 4) is 0 Å². The lowest BCUT2D eigenvalue weighted by molar-refractivity contribution is 0.462. The van der Waals surface area contributed by atoms with E-state index in [-0.39, 0.29) is 0 Å². The van der Waals surface area contributed by atoms with Gasteiger partial charge in [0.05, 0.1) is 6.26 Å². The first-order valence-corrected chi connectivity index (χ1v) is 7.85. The number of furan rings is 1. The second-order valence-electron chi connectivity index (χ2n) is 4.64. The van der Waals surface area contributed by atoms with Crippen LogP contribution in [-0.2, 0) is 13.0 Å². The Morgan fingerprint density at radius 2 is 2.00 bits per heavy atom. The smallest absolute Gasteiger partial charge is 0.209 e. The quantitative estimate of drug-likeness (QED) is 0.496. The maximum absolute atomic E-state index is 5.32. The standard InChI is InChI=1S/C15H16N4OS/c1-2-6-13(7-3-1)8-5-11-21-15-16-17-18-19(15)12-14-9-4-10-20-14/h1-4,6-7,9-10H,5,8,11-12H2. The first-order valence-electron chi connectivity index (χ1n) is 6.87. The lowest BCUT2D eigenvalue weighted by atomic mass is 10.1. The molecule has 0 saturated heterocycles. The number of benzene rings is 1. The monoisotopic (exact) mass is 300 g/mol. The van der Waals surface area contributed by atoms with Gasteiger partial charge in [0.2, 0.25) is 5.16 Å². The van der Waals surface area contributed by atoms with Crippen LogP contribution in [0.4, 0.5) is 0 Å². The zero-order valence-electron chi connectivity index (χ0n) is 11.6. The Morgan fingerprint density at radius 1 is 1.10 bits per heavy atom. The predicted octanol–water partition coefficient (Wildman–Crippen LogP) is 3.04. The van der Waals surface area contributed by atoms with Crippen molar-refractivity contribution in [2.24, 2.45) is 0 Å².